The van der Waals surface area contributed by atoms with Gasteiger partial charge in [-0.3, -0.25) is 4.79 Å². The summed E-state index contributed by atoms with van der Waals surface area (Å²) in [6, 6.07) is 56.6. The highest BCUT2D eigenvalue weighted by molar-refractivity contribution is 5.99. The first-order valence-corrected chi connectivity index (χ1v) is 21.1. The van der Waals surface area contributed by atoms with Crippen LogP contribution in [0.5, 0.6) is 5.75 Å². The fraction of sp³-hybridized carbons (Fsp3) is 0.0727. The Hall–Kier alpha value is -8.07. The Morgan fingerprint density at radius 2 is 0.825 bits per heavy atom. The average molecular weight is 822 g/mol. The molecule has 8 heteroatoms. The van der Waals surface area contributed by atoms with Crippen LogP contribution in [0.4, 0.5) is 0 Å². The van der Waals surface area contributed by atoms with Crippen molar-refractivity contribution < 1.29 is 14.3 Å². The predicted octanol–water partition coefficient (Wildman–Crippen LogP) is 11.8. The first-order valence-electron chi connectivity index (χ1n) is 21.1. The third-order valence-corrected chi connectivity index (χ3v) is 11.3. The average Bonchev–Trinajstić information content (AvgIpc) is 4.18. The van der Waals surface area contributed by atoms with Gasteiger partial charge in [0.2, 0.25) is 0 Å². The summed E-state index contributed by atoms with van der Waals surface area (Å²) >= 11 is 0. The summed E-state index contributed by atoms with van der Waals surface area (Å²) in [5, 5.41) is 0. The molecule has 63 heavy (non-hydrogen) atoms. The van der Waals surface area contributed by atoms with Crippen LogP contribution in [0.2, 0.25) is 0 Å². The first kappa shape index (κ1) is 39.1. The molecular formula is C55H43N5O3. The van der Waals surface area contributed by atoms with Crippen LogP contribution in [0.3, 0.4) is 0 Å². The van der Waals surface area contributed by atoms with Crippen LogP contribution >= 0.6 is 0 Å². The molecule has 0 amide bonds. The molecule has 8 bridgehead atoms. The molecule has 5 aromatic carbocycles. The second-order valence-electron chi connectivity index (χ2n) is 15.4. The number of ether oxygens (including phenoxy) is 2. The van der Waals surface area contributed by atoms with Crippen molar-refractivity contribution in [2.24, 2.45) is 5.73 Å². The number of H-pyrrole nitrogens is 2. The van der Waals surface area contributed by atoms with Gasteiger partial charge in [-0.25, -0.2) is 9.97 Å². The fourth-order valence-electron chi connectivity index (χ4n) is 8.31. The van der Waals surface area contributed by atoms with Crippen molar-refractivity contribution in [2.45, 2.75) is 12.5 Å². The summed E-state index contributed by atoms with van der Waals surface area (Å²) in [4.78, 5) is 31.0. The molecule has 8 aromatic rings. The zero-order valence-corrected chi connectivity index (χ0v) is 34.4. The highest BCUT2D eigenvalue weighted by atomic mass is 16.6. The lowest BCUT2D eigenvalue weighted by atomic mass is 10.0. The van der Waals surface area contributed by atoms with E-state index >= 15 is 0 Å². The van der Waals surface area contributed by atoms with Gasteiger partial charge in [0.05, 0.1) is 22.8 Å². The fourth-order valence-corrected chi connectivity index (χ4v) is 8.31. The molecule has 306 valence electrons. The Morgan fingerprint density at radius 1 is 0.460 bits per heavy atom. The number of aromatic nitrogens is 4. The number of fused-ring (bicyclic) bond motifs is 8. The van der Waals surface area contributed by atoms with E-state index in [1.54, 1.807) is 0 Å². The minimum absolute atomic E-state index is 0.0834. The number of carbonyl (C=O) groups is 1. The number of rotatable bonds is 11. The minimum Gasteiger partial charge on any atom is -0.490 e. The number of aromatic amines is 2. The van der Waals surface area contributed by atoms with Gasteiger partial charge in [-0.2, -0.15) is 0 Å². The third-order valence-electron chi connectivity index (χ3n) is 11.3. The summed E-state index contributed by atoms with van der Waals surface area (Å²) in [5.74, 6) is 0.190. The predicted molar refractivity (Wildman–Crippen MR) is 255 cm³/mol. The summed E-state index contributed by atoms with van der Waals surface area (Å²) in [7, 11) is 0. The van der Waals surface area contributed by atoms with E-state index in [1.165, 1.54) is 0 Å². The summed E-state index contributed by atoms with van der Waals surface area (Å²) < 4.78 is 11.5. The van der Waals surface area contributed by atoms with Crippen molar-refractivity contribution in [2.75, 3.05) is 13.2 Å². The lowest BCUT2D eigenvalue weighted by Gasteiger charge is -2.12. The third kappa shape index (κ3) is 8.23. The summed E-state index contributed by atoms with van der Waals surface area (Å²) in [6.45, 7) is 0.270. The van der Waals surface area contributed by atoms with Gasteiger partial charge in [0.25, 0.3) is 0 Å². The van der Waals surface area contributed by atoms with Crippen molar-refractivity contribution >= 4 is 52.3 Å². The lowest BCUT2D eigenvalue weighted by Crippen LogP contribution is -2.35. The number of hydrogen-bond acceptors (Lipinski definition) is 6. The Morgan fingerprint density at radius 3 is 1.22 bits per heavy atom. The molecule has 0 saturated carbocycles. The Balaban J connectivity index is 1.10. The van der Waals surface area contributed by atoms with E-state index in [2.05, 4.69) is 131 Å². The van der Waals surface area contributed by atoms with Gasteiger partial charge in [-0.05, 0) is 94.9 Å². The molecule has 10 rings (SSSR count). The molecule has 0 saturated heterocycles. The maximum atomic E-state index is 12.6. The number of nitrogens with one attached hydrogen (secondary N) is 2. The number of hydrogen-bond donors (Lipinski definition) is 3. The minimum atomic E-state index is -0.747. The van der Waals surface area contributed by atoms with Crippen LogP contribution < -0.4 is 10.5 Å². The summed E-state index contributed by atoms with van der Waals surface area (Å²) in [6.07, 6.45) is 8.82. The van der Waals surface area contributed by atoms with Gasteiger partial charge >= 0.3 is 5.97 Å². The normalized spacial score (nSPS) is 12.3. The highest BCUT2D eigenvalue weighted by Gasteiger charge is 2.20. The molecule has 3 aromatic heterocycles. The van der Waals surface area contributed by atoms with Crippen LogP contribution in [0.15, 0.2) is 170 Å². The van der Waals surface area contributed by atoms with Crippen LogP contribution in [0.1, 0.15) is 28.3 Å². The largest absolute Gasteiger partial charge is 0.490 e. The maximum absolute atomic E-state index is 12.6. The van der Waals surface area contributed by atoms with Gasteiger partial charge in [-0.1, -0.05) is 133 Å². The van der Waals surface area contributed by atoms with Crippen LogP contribution in [0.25, 0.3) is 90.9 Å². The number of esters is 1. The zero-order valence-electron chi connectivity index (χ0n) is 34.4. The Bertz CT molecular complexity index is 3120. The van der Waals surface area contributed by atoms with E-state index in [9.17, 15) is 4.79 Å². The molecule has 1 atom stereocenters. The zero-order chi connectivity index (χ0) is 42.5. The monoisotopic (exact) mass is 821 g/mol. The molecular weight excluding hydrogens is 779 g/mol. The van der Waals surface area contributed by atoms with E-state index in [-0.39, 0.29) is 13.2 Å². The summed E-state index contributed by atoms with van der Waals surface area (Å²) in [5.41, 5.74) is 22.2. The van der Waals surface area contributed by atoms with E-state index in [4.69, 9.17) is 25.2 Å². The van der Waals surface area contributed by atoms with Gasteiger partial charge in [0, 0.05) is 44.3 Å². The molecule has 4 N–H and O–H groups in total. The quantitative estimate of drug-likeness (QED) is 0.0883. The van der Waals surface area contributed by atoms with Crippen molar-refractivity contribution in [1.29, 1.82) is 0 Å². The van der Waals surface area contributed by atoms with Crippen LogP contribution in [-0.4, -0.2) is 45.2 Å². The second-order valence-corrected chi connectivity index (χ2v) is 15.4. The SMILES string of the molecule is NC(Cc1ccccc1)C(=O)OCCOc1ccc(-c2c3nc(c(-c4ccccc4)c4ccc([nH]4)c(-c4ccccc4)c4nc(c(-c5ccccc5)c5ccc2[nH]5)C=C4)C=C3)cc1. The molecule has 1 unspecified atom stereocenters. The maximum Gasteiger partial charge on any atom is 0.323 e. The van der Waals surface area contributed by atoms with Gasteiger partial charge in [0.1, 0.15) is 25.0 Å². The van der Waals surface area contributed by atoms with E-state index in [1.807, 2.05) is 72.8 Å². The van der Waals surface area contributed by atoms with Gasteiger partial charge in [0.15, 0.2) is 0 Å². The topological polar surface area (TPSA) is 119 Å². The van der Waals surface area contributed by atoms with Crippen LogP contribution in [0, 0.1) is 0 Å². The highest BCUT2D eigenvalue weighted by Crippen LogP contribution is 2.38. The molecule has 5 heterocycles. The van der Waals surface area contributed by atoms with Crippen molar-refractivity contribution in [1.82, 2.24) is 19.9 Å². The van der Waals surface area contributed by atoms with E-state index in [0.717, 1.165) is 94.9 Å². The number of benzene rings is 5. The molecule has 0 fully saturated rings. The second kappa shape index (κ2) is 17.5. The molecule has 2 aliphatic rings. The number of nitrogens with two attached hydrogens (primary N) is 1. The molecule has 0 radical (unpaired) electrons. The Kier molecular flexibility index (Phi) is 10.9. The van der Waals surface area contributed by atoms with Crippen molar-refractivity contribution in [3.63, 3.8) is 0 Å². The molecule has 0 aliphatic carbocycles. The molecule has 2 aliphatic heterocycles. The number of carbonyl (C=O) groups excluding carboxylic acids is 1. The molecule has 8 nitrogen and oxygen atoms in total. The molecule has 0 spiro atoms. The first-order chi connectivity index (χ1) is 31.1. The van der Waals surface area contributed by atoms with Crippen molar-refractivity contribution in [3.05, 3.63) is 198 Å². The standard InChI is InChI=1S/C55H43N5O3/c56-42(35-36-13-5-1-6-14-36)55(61)63-34-33-62-41-23-21-40(22-24-41)54-49-31-29-47(59-49)52(38-17-9-3-10-18-38)45-27-25-43(57-45)51(37-15-7-2-8-16-37)44-26-28-46(58-44)53(39-19-11-4-12-20-39)48-30-32-50(54)60-48/h1-32,42,57,60H,33-35,56H2. The number of nitrogens with zero attached hydrogens (tertiary/aromatic N) is 2. The lowest BCUT2D eigenvalue weighted by molar-refractivity contribution is -0.145. The Labute approximate surface area is 365 Å². The smallest absolute Gasteiger partial charge is 0.323 e. The van der Waals surface area contributed by atoms with E-state index < -0.39 is 12.0 Å². The van der Waals surface area contributed by atoms with Gasteiger partial charge < -0.3 is 25.2 Å². The van der Waals surface area contributed by atoms with Gasteiger partial charge in [-0.15, -0.1) is 0 Å². The van der Waals surface area contributed by atoms with Crippen LogP contribution in [-0.2, 0) is 16.0 Å². The van der Waals surface area contributed by atoms with Crippen molar-refractivity contribution in [3.8, 4) is 50.3 Å². The van der Waals surface area contributed by atoms with E-state index in [0.29, 0.717) is 12.2 Å².